The molecule has 0 aliphatic heterocycles. The molecule has 4 heteroatoms. The fourth-order valence-corrected chi connectivity index (χ4v) is 1.42. The molecule has 96 valence electrons. The summed E-state index contributed by atoms with van der Waals surface area (Å²) in [5.41, 5.74) is 1.65. The molecule has 2 N–H and O–H groups in total. The van der Waals surface area contributed by atoms with Crippen LogP contribution >= 0.6 is 0 Å². The van der Waals surface area contributed by atoms with Crippen LogP contribution in [0.2, 0.25) is 0 Å². The number of halogens is 1. The summed E-state index contributed by atoms with van der Waals surface area (Å²) in [5, 5.41) is 12.7. The van der Waals surface area contributed by atoms with E-state index in [1.165, 1.54) is 12.1 Å². The van der Waals surface area contributed by atoms with Gasteiger partial charge in [-0.05, 0) is 44.5 Å². The van der Waals surface area contributed by atoms with E-state index in [1.54, 1.807) is 6.07 Å². The molecule has 0 saturated carbocycles. The van der Waals surface area contributed by atoms with Crippen molar-refractivity contribution in [3.05, 3.63) is 29.6 Å². The van der Waals surface area contributed by atoms with Crippen LogP contribution in [0.25, 0.3) is 0 Å². The molecule has 1 aromatic carbocycles. The Morgan fingerprint density at radius 2 is 2.12 bits per heavy atom. The number of hydrogen-bond acceptors (Lipinski definition) is 3. The first kappa shape index (κ1) is 13.9. The zero-order valence-corrected chi connectivity index (χ0v) is 10.5. The van der Waals surface area contributed by atoms with Gasteiger partial charge in [-0.3, -0.25) is 0 Å². The lowest BCUT2D eigenvalue weighted by atomic mass is 10.2. The lowest BCUT2D eigenvalue weighted by molar-refractivity contribution is 0.0112. The van der Waals surface area contributed by atoms with Gasteiger partial charge in [-0.1, -0.05) is 0 Å². The van der Waals surface area contributed by atoms with Crippen molar-refractivity contribution in [2.75, 3.05) is 18.5 Å². The highest BCUT2D eigenvalue weighted by atomic mass is 19.1. The second kappa shape index (κ2) is 6.57. The Bertz CT molecular complexity index is 355. The molecule has 0 spiro atoms. The van der Waals surface area contributed by atoms with Crippen molar-refractivity contribution in [3.63, 3.8) is 0 Å². The Morgan fingerprint density at radius 1 is 1.41 bits per heavy atom. The highest BCUT2D eigenvalue weighted by Gasteiger charge is 2.06. The lowest BCUT2D eigenvalue weighted by Crippen LogP contribution is -2.26. The van der Waals surface area contributed by atoms with Gasteiger partial charge in [-0.15, -0.1) is 0 Å². The van der Waals surface area contributed by atoms with Crippen LogP contribution < -0.4 is 5.32 Å². The number of ether oxygens (including phenoxy) is 1. The van der Waals surface area contributed by atoms with E-state index in [1.807, 2.05) is 20.8 Å². The van der Waals surface area contributed by atoms with Crippen LogP contribution in [0.3, 0.4) is 0 Å². The van der Waals surface area contributed by atoms with Crippen molar-refractivity contribution in [2.24, 2.45) is 0 Å². The molecule has 1 unspecified atom stereocenters. The summed E-state index contributed by atoms with van der Waals surface area (Å²) in [7, 11) is 0. The van der Waals surface area contributed by atoms with E-state index in [0.717, 1.165) is 11.3 Å². The van der Waals surface area contributed by atoms with Gasteiger partial charge in [-0.25, -0.2) is 4.39 Å². The number of aryl methyl sites for hydroxylation is 1. The number of nitrogens with one attached hydrogen (secondary N) is 1. The molecule has 0 saturated heterocycles. The maximum atomic E-state index is 12.9. The van der Waals surface area contributed by atoms with E-state index >= 15 is 0 Å². The van der Waals surface area contributed by atoms with E-state index in [9.17, 15) is 9.50 Å². The summed E-state index contributed by atoms with van der Waals surface area (Å²) in [6.07, 6.45) is -0.459. The molecule has 1 aromatic rings. The van der Waals surface area contributed by atoms with Crippen molar-refractivity contribution in [3.8, 4) is 0 Å². The first-order valence-corrected chi connectivity index (χ1v) is 5.78. The molecule has 0 heterocycles. The fourth-order valence-electron chi connectivity index (χ4n) is 1.42. The van der Waals surface area contributed by atoms with E-state index < -0.39 is 6.10 Å². The fraction of sp³-hybridized carbons (Fsp3) is 0.538. The smallest absolute Gasteiger partial charge is 0.123 e. The quantitative estimate of drug-likeness (QED) is 0.803. The summed E-state index contributed by atoms with van der Waals surface area (Å²) in [6.45, 7) is 6.35. The zero-order chi connectivity index (χ0) is 12.8. The van der Waals surface area contributed by atoms with E-state index in [-0.39, 0.29) is 11.9 Å². The van der Waals surface area contributed by atoms with Crippen molar-refractivity contribution in [1.29, 1.82) is 0 Å². The number of anilines is 1. The van der Waals surface area contributed by atoms with Gasteiger partial charge >= 0.3 is 0 Å². The Labute approximate surface area is 102 Å². The van der Waals surface area contributed by atoms with E-state index in [0.29, 0.717) is 13.2 Å². The number of aliphatic hydroxyl groups excluding tert-OH is 1. The van der Waals surface area contributed by atoms with Crippen molar-refractivity contribution in [1.82, 2.24) is 0 Å². The van der Waals surface area contributed by atoms with Gasteiger partial charge in [0.2, 0.25) is 0 Å². The zero-order valence-electron chi connectivity index (χ0n) is 10.5. The predicted octanol–water partition coefficient (Wildman–Crippen LogP) is 2.33. The van der Waals surface area contributed by atoms with Gasteiger partial charge in [0.1, 0.15) is 5.82 Å². The Hall–Kier alpha value is -1.13. The molecule has 3 nitrogen and oxygen atoms in total. The first-order chi connectivity index (χ1) is 7.99. The summed E-state index contributed by atoms with van der Waals surface area (Å²) >= 11 is 0. The van der Waals surface area contributed by atoms with Crippen LogP contribution in [0.5, 0.6) is 0 Å². The number of benzene rings is 1. The Balaban J connectivity index is 2.39. The van der Waals surface area contributed by atoms with Crippen LogP contribution in [0.1, 0.15) is 19.4 Å². The van der Waals surface area contributed by atoms with Gasteiger partial charge in [0, 0.05) is 12.2 Å². The standard InChI is InChI=1S/C13H20FNO2/c1-9(2)17-8-12(16)7-15-13-5-4-11(14)6-10(13)3/h4-6,9,12,15-16H,7-8H2,1-3H3. The maximum absolute atomic E-state index is 12.9. The molecule has 1 rings (SSSR count). The van der Waals surface area contributed by atoms with Crippen molar-refractivity contribution < 1.29 is 14.2 Å². The summed E-state index contributed by atoms with van der Waals surface area (Å²) in [5.74, 6) is -0.253. The highest BCUT2D eigenvalue weighted by molar-refractivity contribution is 5.50. The second-order valence-electron chi connectivity index (χ2n) is 4.38. The third-order valence-electron chi connectivity index (χ3n) is 2.34. The van der Waals surface area contributed by atoms with Crippen molar-refractivity contribution >= 4 is 5.69 Å². The van der Waals surface area contributed by atoms with Gasteiger partial charge in [-0.2, -0.15) is 0 Å². The molecule has 0 aromatic heterocycles. The van der Waals surface area contributed by atoms with Crippen LogP contribution in [-0.4, -0.2) is 30.5 Å². The second-order valence-corrected chi connectivity index (χ2v) is 4.38. The first-order valence-electron chi connectivity index (χ1n) is 5.78. The molecule has 0 aliphatic carbocycles. The molecule has 0 radical (unpaired) electrons. The van der Waals surface area contributed by atoms with Gasteiger partial charge in [0.15, 0.2) is 0 Å². The van der Waals surface area contributed by atoms with Crippen molar-refractivity contribution in [2.45, 2.75) is 33.0 Å². The minimum atomic E-state index is -0.568. The lowest BCUT2D eigenvalue weighted by Gasteiger charge is -2.16. The monoisotopic (exact) mass is 241 g/mol. The summed E-state index contributed by atoms with van der Waals surface area (Å²) in [4.78, 5) is 0. The molecular formula is C13H20FNO2. The predicted molar refractivity (Wildman–Crippen MR) is 66.7 cm³/mol. The highest BCUT2D eigenvalue weighted by Crippen LogP contribution is 2.15. The minimum Gasteiger partial charge on any atom is -0.389 e. The molecular weight excluding hydrogens is 221 g/mol. The number of rotatable bonds is 6. The third-order valence-corrected chi connectivity index (χ3v) is 2.34. The molecule has 0 amide bonds. The topological polar surface area (TPSA) is 41.5 Å². The average molecular weight is 241 g/mol. The third kappa shape index (κ3) is 5.15. The Morgan fingerprint density at radius 3 is 2.71 bits per heavy atom. The molecule has 0 aliphatic rings. The summed E-state index contributed by atoms with van der Waals surface area (Å²) in [6, 6.07) is 4.52. The Kier molecular flexibility index (Phi) is 5.38. The average Bonchev–Trinajstić information content (AvgIpc) is 2.25. The molecule has 0 bridgehead atoms. The number of hydrogen-bond donors (Lipinski definition) is 2. The minimum absolute atomic E-state index is 0.109. The van der Waals surface area contributed by atoms with Crippen LogP contribution in [0.4, 0.5) is 10.1 Å². The van der Waals surface area contributed by atoms with Gasteiger partial charge < -0.3 is 15.2 Å². The van der Waals surface area contributed by atoms with Gasteiger partial charge in [0.05, 0.1) is 18.8 Å². The van der Waals surface area contributed by atoms with Crippen LogP contribution in [0.15, 0.2) is 18.2 Å². The SMILES string of the molecule is Cc1cc(F)ccc1NCC(O)COC(C)C. The van der Waals surface area contributed by atoms with Crippen LogP contribution in [-0.2, 0) is 4.74 Å². The van der Waals surface area contributed by atoms with E-state index in [2.05, 4.69) is 5.32 Å². The molecule has 1 atom stereocenters. The number of aliphatic hydroxyl groups is 1. The van der Waals surface area contributed by atoms with Gasteiger partial charge in [0.25, 0.3) is 0 Å². The summed E-state index contributed by atoms with van der Waals surface area (Å²) < 4.78 is 18.2. The molecule has 17 heavy (non-hydrogen) atoms. The largest absolute Gasteiger partial charge is 0.389 e. The molecule has 0 fully saturated rings. The van der Waals surface area contributed by atoms with E-state index in [4.69, 9.17) is 4.74 Å². The van der Waals surface area contributed by atoms with Crippen LogP contribution in [0, 0.1) is 12.7 Å². The normalized spacial score (nSPS) is 12.8. The maximum Gasteiger partial charge on any atom is 0.123 e.